The molecule has 8 heteroatoms. The molecule has 0 bridgehead atoms. The lowest BCUT2D eigenvalue weighted by Gasteiger charge is -2.08. The lowest BCUT2D eigenvalue weighted by Crippen LogP contribution is -2.16. The molecule has 1 amide bonds. The molecule has 3 aromatic heterocycles. The maximum absolute atomic E-state index is 12.7. The van der Waals surface area contributed by atoms with E-state index < -0.39 is 5.91 Å². The fourth-order valence-corrected chi connectivity index (χ4v) is 3.80. The second-order valence-corrected chi connectivity index (χ2v) is 7.63. The maximum Gasteiger partial charge on any atom is 0.277 e. The summed E-state index contributed by atoms with van der Waals surface area (Å²) in [6.07, 6.45) is 1.73. The Morgan fingerprint density at radius 3 is 2.64 bits per heavy atom. The van der Waals surface area contributed by atoms with Crippen molar-refractivity contribution in [1.29, 1.82) is 0 Å². The number of aromatic nitrogens is 4. The average Bonchev–Trinajstić information content (AvgIpc) is 3.29. The number of nitrogens with zero attached hydrogens (tertiary/aromatic N) is 4. The Labute approximate surface area is 170 Å². The van der Waals surface area contributed by atoms with Gasteiger partial charge in [0.2, 0.25) is 0 Å². The minimum absolute atomic E-state index is 0.128. The van der Waals surface area contributed by atoms with Crippen LogP contribution in [0.3, 0.4) is 0 Å². The van der Waals surface area contributed by atoms with Crippen molar-refractivity contribution in [2.75, 3.05) is 5.32 Å². The lowest BCUT2D eigenvalue weighted by atomic mass is 10.2. The Hall–Kier alpha value is -3.03. The summed E-state index contributed by atoms with van der Waals surface area (Å²) in [5.41, 5.74) is 2.97. The molecule has 0 aliphatic heterocycles. The highest BCUT2D eigenvalue weighted by atomic mass is 35.5. The monoisotopic (exact) mass is 409 g/mol. The minimum atomic E-state index is -0.414. The van der Waals surface area contributed by atoms with Gasteiger partial charge >= 0.3 is 0 Å². The van der Waals surface area contributed by atoms with Crippen LogP contribution >= 0.6 is 22.9 Å². The molecule has 4 aromatic rings. The molecule has 0 spiro atoms. The third-order valence-electron chi connectivity index (χ3n) is 4.06. The molecule has 0 aliphatic carbocycles. The molecule has 0 saturated carbocycles. The fourth-order valence-electron chi connectivity index (χ4n) is 2.79. The summed E-state index contributed by atoms with van der Waals surface area (Å²) < 4.78 is 1.68. The van der Waals surface area contributed by atoms with Gasteiger partial charge in [-0.25, -0.2) is 14.6 Å². The zero-order valence-electron chi connectivity index (χ0n) is 15.2. The summed E-state index contributed by atoms with van der Waals surface area (Å²) in [5.74, 6) is 0.117. The van der Waals surface area contributed by atoms with Crippen LogP contribution in [-0.4, -0.2) is 25.7 Å². The van der Waals surface area contributed by atoms with Gasteiger partial charge in [-0.3, -0.25) is 10.1 Å². The van der Waals surface area contributed by atoms with Gasteiger partial charge in [-0.2, -0.15) is 5.10 Å². The van der Waals surface area contributed by atoms with E-state index in [0.717, 1.165) is 21.8 Å². The van der Waals surface area contributed by atoms with E-state index in [1.807, 2.05) is 50.2 Å². The van der Waals surface area contributed by atoms with E-state index in [1.54, 1.807) is 23.0 Å². The van der Waals surface area contributed by atoms with Gasteiger partial charge in [0.1, 0.15) is 5.69 Å². The number of hydrogen-bond donors (Lipinski definition) is 1. The van der Waals surface area contributed by atoms with Crippen molar-refractivity contribution in [3.8, 4) is 16.3 Å². The van der Waals surface area contributed by atoms with Gasteiger partial charge in [0.05, 0.1) is 15.6 Å². The van der Waals surface area contributed by atoms with Crippen LogP contribution < -0.4 is 5.32 Å². The molecule has 1 N–H and O–H groups in total. The number of pyridine rings is 1. The van der Waals surface area contributed by atoms with E-state index in [2.05, 4.69) is 20.4 Å². The van der Waals surface area contributed by atoms with Crippen molar-refractivity contribution >= 4 is 34.0 Å². The predicted octanol–water partition coefficient (Wildman–Crippen LogP) is 4.91. The number of halogens is 1. The van der Waals surface area contributed by atoms with Crippen molar-refractivity contribution in [3.63, 3.8) is 0 Å². The van der Waals surface area contributed by atoms with Crippen LogP contribution in [0.25, 0.3) is 16.3 Å². The summed E-state index contributed by atoms with van der Waals surface area (Å²) in [6.45, 7) is 3.83. The third-order valence-corrected chi connectivity index (χ3v) is 5.32. The van der Waals surface area contributed by atoms with Crippen LogP contribution in [0.5, 0.6) is 0 Å². The highest BCUT2D eigenvalue weighted by molar-refractivity contribution is 7.19. The van der Waals surface area contributed by atoms with Crippen molar-refractivity contribution in [2.45, 2.75) is 13.8 Å². The average molecular weight is 410 g/mol. The molecular formula is C20H16ClN5OS. The van der Waals surface area contributed by atoms with E-state index in [-0.39, 0.29) is 10.7 Å². The Kier molecular flexibility index (Phi) is 4.93. The van der Waals surface area contributed by atoms with Gasteiger partial charge in [-0.05, 0) is 37.6 Å². The Morgan fingerprint density at radius 2 is 1.93 bits per heavy atom. The van der Waals surface area contributed by atoms with E-state index >= 15 is 0 Å². The van der Waals surface area contributed by atoms with Crippen LogP contribution in [0, 0.1) is 13.8 Å². The molecule has 0 saturated heterocycles. The van der Waals surface area contributed by atoms with Crippen LogP contribution in [0.1, 0.15) is 21.9 Å². The van der Waals surface area contributed by atoms with Crippen molar-refractivity contribution in [2.24, 2.45) is 0 Å². The predicted molar refractivity (Wildman–Crippen MR) is 111 cm³/mol. The van der Waals surface area contributed by atoms with Crippen LogP contribution in [0.4, 0.5) is 5.13 Å². The number of rotatable bonds is 4. The number of thiazole rings is 1. The van der Waals surface area contributed by atoms with Crippen molar-refractivity contribution in [1.82, 2.24) is 19.7 Å². The highest BCUT2D eigenvalue weighted by Crippen LogP contribution is 2.29. The largest absolute Gasteiger partial charge is 0.296 e. The molecule has 3 heterocycles. The molecule has 4 rings (SSSR count). The zero-order chi connectivity index (χ0) is 19.7. The lowest BCUT2D eigenvalue weighted by molar-refractivity contribution is 0.102. The summed E-state index contributed by atoms with van der Waals surface area (Å²) in [4.78, 5) is 22.4. The molecule has 0 unspecified atom stereocenters. The second-order valence-electron chi connectivity index (χ2n) is 6.19. The summed E-state index contributed by atoms with van der Waals surface area (Å²) in [6, 6.07) is 15.2. The summed E-state index contributed by atoms with van der Waals surface area (Å²) in [5, 5.41) is 7.93. The van der Waals surface area contributed by atoms with Gasteiger partial charge in [-0.15, -0.1) is 0 Å². The molecule has 0 aliphatic rings. The molecule has 6 nitrogen and oxygen atoms in total. The smallest absolute Gasteiger partial charge is 0.277 e. The van der Waals surface area contributed by atoms with Crippen LogP contribution in [0.2, 0.25) is 5.02 Å². The molecule has 0 radical (unpaired) electrons. The molecular weight excluding hydrogens is 394 g/mol. The number of anilines is 1. The second kappa shape index (κ2) is 7.53. The van der Waals surface area contributed by atoms with Crippen LogP contribution in [0.15, 0.2) is 54.7 Å². The molecule has 1 aromatic carbocycles. The summed E-state index contributed by atoms with van der Waals surface area (Å²) in [7, 11) is 0. The first-order chi connectivity index (χ1) is 13.5. The van der Waals surface area contributed by atoms with Crippen molar-refractivity contribution in [3.05, 3.63) is 76.8 Å². The number of amides is 1. The number of benzene rings is 1. The van der Waals surface area contributed by atoms with E-state index in [0.29, 0.717) is 10.9 Å². The molecule has 28 heavy (non-hydrogen) atoms. The van der Waals surface area contributed by atoms with Crippen molar-refractivity contribution < 1.29 is 4.79 Å². The van der Waals surface area contributed by atoms with E-state index in [9.17, 15) is 4.79 Å². The quantitative estimate of drug-likeness (QED) is 0.519. The Balaban J connectivity index is 1.59. The number of carbonyl (C=O) groups excluding carboxylic acids is 1. The first-order valence-corrected chi connectivity index (χ1v) is 9.73. The molecule has 0 atom stereocenters. The summed E-state index contributed by atoms with van der Waals surface area (Å²) >= 11 is 7.61. The molecule has 0 fully saturated rings. The fraction of sp³-hybridized carbons (Fsp3) is 0.100. The van der Waals surface area contributed by atoms with Gasteiger partial charge in [0.15, 0.2) is 10.9 Å². The number of hydrogen-bond acceptors (Lipinski definition) is 5. The number of carbonyl (C=O) groups is 1. The first kappa shape index (κ1) is 18.3. The maximum atomic E-state index is 12.7. The topological polar surface area (TPSA) is 72.7 Å². The standard InChI is InChI=1S/C20H16ClN5OS/c1-12-10-13(2)26(25-12)17-9-8-15(21)18(23-17)19(27)24-20-22-11-16(28-20)14-6-4-3-5-7-14/h3-11H,1-2H3,(H,22,24,27). The van der Waals surface area contributed by atoms with Gasteiger partial charge < -0.3 is 0 Å². The number of nitrogens with one attached hydrogen (secondary N) is 1. The number of aryl methyl sites for hydroxylation is 2. The van der Waals surface area contributed by atoms with E-state index in [4.69, 9.17) is 11.6 Å². The normalized spacial score (nSPS) is 10.8. The van der Waals surface area contributed by atoms with Gasteiger partial charge in [-0.1, -0.05) is 53.3 Å². The van der Waals surface area contributed by atoms with E-state index in [1.165, 1.54) is 11.3 Å². The Morgan fingerprint density at radius 1 is 1.14 bits per heavy atom. The highest BCUT2D eigenvalue weighted by Gasteiger charge is 2.17. The third kappa shape index (κ3) is 3.67. The first-order valence-electron chi connectivity index (χ1n) is 8.54. The van der Waals surface area contributed by atoms with Gasteiger partial charge in [0.25, 0.3) is 5.91 Å². The zero-order valence-corrected chi connectivity index (χ0v) is 16.8. The molecule has 140 valence electrons. The Bertz CT molecular complexity index is 1150. The van der Waals surface area contributed by atoms with Gasteiger partial charge in [0, 0.05) is 11.9 Å². The minimum Gasteiger partial charge on any atom is -0.296 e. The van der Waals surface area contributed by atoms with Crippen LogP contribution in [-0.2, 0) is 0 Å². The SMILES string of the molecule is Cc1cc(C)n(-c2ccc(Cl)c(C(=O)Nc3ncc(-c4ccccc4)s3)n2)n1.